The Balaban J connectivity index is 2.92. The molecule has 0 heterocycles. The van der Waals surface area contributed by atoms with Crippen LogP contribution < -0.4 is 5.32 Å². The standard InChI is InChI=1S/C12H12FNO3/c1-2-3-7-10(15)14-11-8(12(16)17)5-4-6-9(11)13/h2,4-6H,1,3,7H2,(H,14,15)(H,16,17). The summed E-state index contributed by atoms with van der Waals surface area (Å²) in [5.41, 5.74) is -0.564. The molecule has 2 N–H and O–H groups in total. The van der Waals surface area contributed by atoms with Crippen LogP contribution in [0.15, 0.2) is 30.9 Å². The summed E-state index contributed by atoms with van der Waals surface area (Å²) in [6.07, 6.45) is 2.14. The SMILES string of the molecule is C=CCCC(=O)Nc1c(F)cccc1C(=O)O. The van der Waals surface area contributed by atoms with Gasteiger partial charge in [-0.15, -0.1) is 6.58 Å². The number of anilines is 1. The number of para-hydroxylation sites is 1. The van der Waals surface area contributed by atoms with Crippen LogP contribution in [-0.2, 0) is 4.79 Å². The van der Waals surface area contributed by atoms with Gasteiger partial charge in [0.05, 0.1) is 11.3 Å². The molecule has 1 aromatic carbocycles. The van der Waals surface area contributed by atoms with E-state index in [9.17, 15) is 14.0 Å². The highest BCUT2D eigenvalue weighted by atomic mass is 19.1. The zero-order chi connectivity index (χ0) is 12.8. The van der Waals surface area contributed by atoms with Crippen LogP contribution in [0.4, 0.5) is 10.1 Å². The van der Waals surface area contributed by atoms with E-state index in [1.165, 1.54) is 12.1 Å². The molecule has 0 atom stereocenters. The highest BCUT2D eigenvalue weighted by Crippen LogP contribution is 2.20. The van der Waals surface area contributed by atoms with Crippen molar-refractivity contribution in [1.29, 1.82) is 0 Å². The molecule has 0 saturated heterocycles. The molecule has 1 rings (SSSR count). The van der Waals surface area contributed by atoms with E-state index in [1.54, 1.807) is 6.08 Å². The fourth-order valence-corrected chi connectivity index (χ4v) is 1.26. The zero-order valence-corrected chi connectivity index (χ0v) is 9.07. The second kappa shape index (κ2) is 5.79. The summed E-state index contributed by atoms with van der Waals surface area (Å²) in [5, 5.41) is 11.1. The van der Waals surface area contributed by atoms with Crippen LogP contribution in [-0.4, -0.2) is 17.0 Å². The molecular weight excluding hydrogens is 225 g/mol. The Morgan fingerprint density at radius 1 is 1.47 bits per heavy atom. The zero-order valence-electron chi connectivity index (χ0n) is 9.07. The summed E-state index contributed by atoms with van der Waals surface area (Å²) >= 11 is 0. The predicted octanol–water partition coefficient (Wildman–Crippen LogP) is 2.43. The number of rotatable bonds is 5. The van der Waals surface area contributed by atoms with E-state index in [2.05, 4.69) is 11.9 Å². The van der Waals surface area contributed by atoms with Crippen LogP contribution in [0.1, 0.15) is 23.2 Å². The number of carboxylic acids is 1. The molecule has 0 radical (unpaired) electrons. The molecule has 4 nitrogen and oxygen atoms in total. The first-order valence-corrected chi connectivity index (χ1v) is 4.98. The number of hydrogen-bond acceptors (Lipinski definition) is 2. The number of halogens is 1. The smallest absolute Gasteiger partial charge is 0.337 e. The van der Waals surface area contributed by atoms with E-state index in [4.69, 9.17) is 5.11 Å². The Labute approximate surface area is 97.8 Å². The number of amides is 1. The van der Waals surface area contributed by atoms with E-state index in [-0.39, 0.29) is 17.7 Å². The van der Waals surface area contributed by atoms with Crippen molar-refractivity contribution < 1.29 is 19.1 Å². The molecule has 90 valence electrons. The molecule has 0 fully saturated rings. The first kappa shape index (κ1) is 12.9. The van der Waals surface area contributed by atoms with Gasteiger partial charge in [-0.1, -0.05) is 12.1 Å². The molecule has 1 aromatic rings. The number of carboxylic acid groups (broad SMARTS) is 1. The largest absolute Gasteiger partial charge is 0.478 e. The van der Waals surface area contributed by atoms with Gasteiger partial charge in [-0.2, -0.15) is 0 Å². The van der Waals surface area contributed by atoms with Crippen LogP contribution in [0.5, 0.6) is 0 Å². The lowest BCUT2D eigenvalue weighted by Gasteiger charge is -2.08. The number of carbonyl (C=O) groups excluding carboxylic acids is 1. The lowest BCUT2D eigenvalue weighted by atomic mass is 10.1. The molecule has 0 aromatic heterocycles. The number of hydrogen-bond donors (Lipinski definition) is 2. The van der Waals surface area contributed by atoms with E-state index in [0.717, 1.165) is 6.07 Å². The van der Waals surface area contributed by atoms with Gasteiger partial charge in [-0.25, -0.2) is 9.18 Å². The van der Waals surface area contributed by atoms with E-state index in [0.29, 0.717) is 6.42 Å². The van der Waals surface area contributed by atoms with E-state index in [1.807, 2.05) is 0 Å². The second-order valence-corrected chi connectivity index (χ2v) is 3.34. The lowest BCUT2D eigenvalue weighted by molar-refractivity contribution is -0.116. The van der Waals surface area contributed by atoms with Gasteiger partial charge >= 0.3 is 5.97 Å². The minimum atomic E-state index is -1.29. The van der Waals surface area contributed by atoms with Crippen LogP contribution in [0, 0.1) is 5.82 Å². The quantitative estimate of drug-likeness (QED) is 0.773. The number of aromatic carboxylic acids is 1. The Morgan fingerprint density at radius 2 is 2.18 bits per heavy atom. The number of carbonyl (C=O) groups is 2. The van der Waals surface area contributed by atoms with Gasteiger partial charge in [0.25, 0.3) is 0 Å². The third-order valence-corrected chi connectivity index (χ3v) is 2.08. The summed E-state index contributed by atoms with van der Waals surface area (Å²) in [6.45, 7) is 3.45. The highest BCUT2D eigenvalue weighted by molar-refractivity contribution is 6.00. The molecule has 0 aliphatic rings. The Morgan fingerprint density at radius 3 is 2.76 bits per heavy atom. The maximum absolute atomic E-state index is 13.4. The first-order chi connectivity index (χ1) is 8.06. The van der Waals surface area contributed by atoms with Crippen molar-refractivity contribution in [2.45, 2.75) is 12.8 Å². The average molecular weight is 237 g/mol. The average Bonchev–Trinajstić information content (AvgIpc) is 2.28. The van der Waals surface area contributed by atoms with Crippen molar-refractivity contribution in [1.82, 2.24) is 0 Å². The maximum atomic E-state index is 13.4. The normalized spacial score (nSPS) is 9.71. The number of allylic oxidation sites excluding steroid dienone is 1. The summed E-state index contributed by atoms with van der Waals surface area (Å²) in [6, 6.07) is 3.60. The molecule has 0 unspecified atom stereocenters. The van der Waals surface area contributed by atoms with Gasteiger partial charge in [0.1, 0.15) is 5.82 Å². The van der Waals surface area contributed by atoms with Gasteiger partial charge in [0.15, 0.2) is 0 Å². The van der Waals surface area contributed by atoms with Gasteiger partial charge in [0, 0.05) is 6.42 Å². The first-order valence-electron chi connectivity index (χ1n) is 4.98. The fourth-order valence-electron chi connectivity index (χ4n) is 1.26. The van der Waals surface area contributed by atoms with E-state index < -0.39 is 17.7 Å². The molecule has 0 bridgehead atoms. The molecular formula is C12H12FNO3. The highest BCUT2D eigenvalue weighted by Gasteiger charge is 2.15. The summed E-state index contributed by atoms with van der Waals surface area (Å²) < 4.78 is 13.4. The summed E-state index contributed by atoms with van der Waals surface area (Å²) in [5.74, 6) is -2.50. The molecule has 5 heteroatoms. The number of benzene rings is 1. The summed E-state index contributed by atoms with van der Waals surface area (Å²) in [4.78, 5) is 22.2. The molecule has 0 saturated carbocycles. The van der Waals surface area contributed by atoms with Gasteiger partial charge in [-0.3, -0.25) is 4.79 Å². The minimum absolute atomic E-state index is 0.136. The minimum Gasteiger partial charge on any atom is -0.478 e. The monoisotopic (exact) mass is 237 g/mol. The van der Waals surface area contributed by atoms with Crippen molar-refractivity contribution in [2.75, 3.05) is 5.32 Å². The van der Waals surface area contributed by atoms with Crippen molar-refractivity contribution in [2.24, 2.45) is 0 Å². The predicted molar refractivity (Wildman–Crippen MR) is 61.4 cm³/mol. The second-order valence-electron chi connectivity index (χ2n) is 3.34. The topological polar surface area (TPSA) is 66.4 Å². The maximum Gasteiger partial charge on any atom is 0.337 e. The lowest BCUT2D eigenvalue weighted by Crippen LogP contribution is -2.15. The molecule has 17 heavy (non-hydrogen) atoms. The molecule has 1 amide bonds. The summed E-state index contributed by atoms with van der Waals surface area (Å²) in [7, 11) is 0. The van der Waals surface area contributed by atoms with Crippen molar-refractivity contribution >= 4 is 17.6 Å². The Hall–Kier alpha value is -2.17. The van der Waals surface area contributed by atoms with Crippen LogP contribution >= 0.6 is 0 Å². The van der Waals surface area contributed by atoms with Gasteiger partial charge in [-0.05, 0) is 18.6 Å². The van der Waals surface area contributed by atoms with Crippen molar-refractivity contribution in [3.8, 4) is 0 Å². The van der Waals surface area contributed by atoms with Gasteiger partial charge in [0.2, 0.25) is 5.91 Å². The van der Waals surface area contributed by atoms with Crippen LogP contribution in [0.3, 0.4) is 0 Å². The third-order valence-electron chi connectivity index (χ3n) is 2.08. The van der Waals surface area contributed by atoms with Crippen LogP contribution in [0.2, 0.25) is 0 Å². The van der Waals surface area contributed by atoms with Crippen molar-refractivity contribution in [3.63, 3.8) is 0 Å². The van der Waals surface area contributed by atoms with Crippen LogP contribution in [0.25, 0.3) is 0 Å². The Bertz CT molecular complexity index is 457. The van der Waals surface area contributed by atoms with E-state index >= 15 is 0 Å². The van der Waals surface area contributed by atoms with Gasteiger partial charge < -0.3 is 10.4 Å². The third kappa shape index (κ3) is 3.41. The molecule has 0 aliphatic carbocycles. The number of nitrogens with one attached hydrogen (secondary N) is 1. The Kier molecular flexibility index (Phi) is 4.39. The molecule has 0 spiro atoms. The fraction of sp³-hybridized carbons (Fsp3) is 0.167. The van der Waals surface area contributed by atoms with Crippen molar-refractivity contribution in [3.05, 3.63) is 42.2 Å². The molecule has 0 aliphatic heterocycles.